The van der Waals surface area contributed by atoms with Gasteiger partial charge in [-0.2, -0.15) is 0 Å². The van der Waals surface area contributed by atoms with Crippen LogP contribution in [-0.2, 0) is 11.2 Å². The second kappa shape index (κ2) is 9.20. The molecule has 2 aliphatic heterocycles. The second-order valence-electron chi connectivity index (χ2n) is 7.33. The molecule has 0 spiro atoms. The molecule has 5 nitrogen and oxygen atoms in total. The number of fused-ring (bicyclic) bond motifs is 1. The van der Waals surface area contributed by atoms with Gasteiger partial charge in [0.25, 0.3) is 0 Å². The summed E-state index contributed by atoms with van der Waals surface area (Å²) in [6.07, 6.45) is 4.82. The topological polar surface area (TPSA) is 47.6 Å². The van der Waals surface area contributed by atoms with E-state index >= 15 is 0 Å². The van der Waals surface area contributed by atoms with Gasteiger partial charge in [-0.15, -0.1) is 0 Å². The van der Waals surface area contributed by atoms with Crippen molar-refractivity contribution in [3.05, 3.63) is 29.8 Å². The Labute approximate surface area is 151 Å². The molecule has 1 fully saturated rings. The summed E-state index contributed by atoms with van der Waals surface area (Å²) < 4.78 is 0. The van der Waals surface area contributed by atoms with Crippen LogP contribution >= 0.6 is 0 Å². The van der Waals surface area contributed by atoms with E-state index in [9.17, 15) is 4.79 Å². The first-order chi connectivity index (χ1) is 12.3. The number of anilines is 1. The van der Waals surface area contributed by atoms with Gasteiger partial charge < -0.3 is 15.5 Å². The first-order valence-corrected chi connectivity index (χ1v) is 9.73. The number of nitrogens with zero attached hydrogens (tertiary/aromatic N) is 2. The lowest BCUT2D eigenvalue weighted by Crippen LogP contribution is -2.43. The van der Waals surface area contributed by atoms with Gasteiger partial charge in [0.15, 0.2) is 0 Å². The quantitative estimate of drug-likeness (QED) is 0.750. The van der Waals surface area contributed by atoms with Crippen molar-refractivity contribution < 1.29 is 4.79 Å². The standard InChI is InChI=1S/C20H32N4O/c1-21-10-6-17-7-12-23(13-8-17)16-20(25)22-11-15-24-14-9-18-4-2-3-5-19(18)24/h2-5,17,21H,6-16H2,1H3,(H,22,25). The Kier molecular flexibility index (Phi) is 6.70. The van der Waals surface area contributed by atoms with Crippen LogP contribution < -0.4 is 15.5 Å². The molecule has 2 heterocycles. The third-order valence-electron chi connectivity index (χ3n) is 5.56. The zero-order valence-electron chi connectivity index (χ0n) is 15.5. The molecule has 2 N–H and O–H groups in total. The molecule has 138 valence electrons. The number of piperidine rings is 1. The van der Waals surface area contributed by atoms with Gasteiger partial charge in [0.05, 0.1) is 6.54 Å². The Balaban J connectivity index is 1.32. The minimum Gasteiger partial charge on any atom is -0.369 e. The van der Waals surface area contributed by atoms with E-state index in [0.717, 1.165) is 51.6 Å². The van der Waals surface area contributed by atoms with Crippen LogP contribution in [0.15, 0.2) is 24.3 Å². The fourth-order valence-electron chi connectivity index (χ4n) is 4.01. The van der Waals surface area contributed by atoms with Crippen LogP contribution in [0.25, 0.3) is 0 Å². The maximum Gasteiger partial charge on any atom is 0.234 e. The van der Waals surface area contributed by atoms with Gasteiger partial charge in [-0.3, -0.25) is 9.69 Å². The number of hydrogen-bond acceptors (Lipinski definition) is 4. The number of carbonyl (C=O) groups excluding carboxylic acids is 1. The van der Waals surface area contributed by atoms with Crippen molar-refractivity contribution in [2.75, 3.05) is 57.8 Å². The lowest BCUT2D eigenvalue weighted by atomic mass is 9.93. The monoisotopic (exact) mass is 344 g/mol. The molecular weight excluding hydrogens is 312 g/mol. The first-order valence-electron chi connectivity index (χ1n) is 9.73. The SMILES string of the molecule is CNCCC1CCN(CC(=O)NCCN2CCc3ccccc32)CC1. The number of benzene rings is 1. The van der Waals surface area contributed by atoms with Crippen LogP contribution in [0.3, 0.4) is 0 Å². The number of rotatable bonds is 8. The van der Waals surface area contributed by atoms with Crippen molar-refractivity contribution in [3.63, 3.8) is 0 Å². The van der Waals surface area contributed by atoms with Crippen molar-refractivity contribution in [1.29, 1.82) is 0 Å². The smallest absolute Gasteiger partial charge is 0.234 e. The Hall–Kier alpha value is -1.59. The highest BCUT2D eigenvalue weighted by molar-refractivity contribution is 5.78. The molecule has 0 aromatic heterocycles. The van der Waals surface area contributed by atoms with Crippen molar-refractivity contribution in [1.82, 2.24) is 15.5 Å². The normalized spacial score (nSPS) is 18.4. The number of para-hydroxylation sites is 1. The molecule has 25 heavy (non-hydrogen) atoms. The van der Waals surface area contributed by atoms with E-state index in [4.69, 9.17) is 0 Å². The fraction of sp³-hybridized carbons (Fsp3) is 0.650. The summed E-state index contributed by atoms with van der Waals surface area (Å²) in [5.74, 6) is 0.989. The van der Waals surface area contributed by atoms with E-state index in [-0.39, 0.29) is 5.91 Å². The molecule has 0 atom stereocenters. The first kappa shape index (κ1) is 18.2. The van der Waals surface area contributed by atoms with Crippen molar-refractivity contribution in [2.45, 2.75) is 25.7 Å². The summed E-state index contributed by atoms with van der Waals surface area (Å²) in [6, 6.07) is 8.58. The maximum atomic E-state index is 12.2. The van der Waals surface area contributed by atoms with Crippen LogP contribution in [0.4, 0.5) is 5.69 Å². The minimum atomic E-state index is 0.168. The molecule has 2 aliphatic rings. The third kappa shape index (κ3) is 5.19. The summed E-state index contributed by atoms with van der Waals surface area (Å²) in [5, 5.41) is 6.33. The maximum absolute atomic E-state index is 12.2. The largest absolute Gasteiger partial charge is 0.369 e. The highest BCUT2D eigenvalue weighted by Crippen LogP contribution is 2.26. The molecule has 0 radical (unpaired) electrons. The summed E-state index contributed by atoms with van der Waals surface area (Å²) in [6.45, 7) is 6.46. The molecule has 1 aromatic carbocycles. The van der Waals surface area contributed by atoms with Gasteiger partial charge in [0.2, 0.25) is 5.91 Å². The zero-order valence-corrected chi connectivity index (χ0v) is 15.5. The molecule has 5 heteroatoms. The van der Waals surface area contributed by atoms with E-state index in [1.54, 1.807) is 0 Å². The van der Waals surface area contributed by atoms with E-state index in [0.29, 0.717) is 6.54 Å². The molecule has 0 aliphatic carbocycles. The number of likely N-dealkylation sites (tertiary alicyclic amines) is 1. The Morgan fingerprint density at radius 2 is 1.96 bits per heavy atom. The highest BCUT2D eigenvalue weighted by atomic mass is 16.2. The predicted molar refractivity (Wildman–Crippen MR) is 103 cm³/mol. The summed E-state index contributed by atoms with van der Waals surface area (Å²) in [5.41, 5.74) is 2.76. The number of carbonyl (C=O) groups is 1. The van der Waals surface area contributed by atoms with E-state index in [2.05, 4.69) is 44.7 Å². The number of hydrogen-bond donors (Lipinski definition) is 2. The van der Waals surface area contributed by atoms with Crippen LogP contribution in [-0.4, -0.2) is 63.7 Å². The van der Waals surface area contributed by atoms with Gasteiger partial charge in [0.1, 0.15) is 0 Å². The molecule has 0 unspecified atom stereocenters. The third-order valence-corrected chi connectivity index (χ3v) is 5.56. The molecule has 3 rings (SSSR count). The Morgan fingerprint density at radius 1 is 1.16 bits per heavy atom. The van der Waals surface area contributed by atoms with Crippen LogP contribution in [0.2, 0.25) is 0 Å². The lowest BCUT2D eigenvalue weighted by molar-refractivity contribution is -0.122. The minimum absolute atomic E-state index is 0.168. The second-order valence-corrected chi connectivity index (χ2v) is 7.33. The average molecular weight is 345 g/mol. The number of amides is 1. The van der Waals surface area contributed by atoms with Gasteiger partial charge in [0, 0.05) is 25.3 Å². The predicted octanol–water partition coefficient (Wildman–Crippen LogP) is 1.49. The van der Waals surface area contributed by atoms with Gasteiger partial charge in [-0.05, 0) is 69.9 Å². The van der Waals surface area contributed by atoms with Gasteiger partial charge >= 0.3 is 0 Å². The van der Waals surface area contributed by atoms with E-state index < -0.39 is 0 Å². The van der Waals surface area contributed by atoms with Crippen molar-refractivity contribution in [3.8, 4) is 0 Å². The molecule has 1 saturated heterocycles. The van der Waals surface area contributed by atoms with E-state index in [1.807, 2.05) is 7.05 Å². The van der Waals surface area contributed by atoms with Crippen LogP contribution in [0.1, 0.15) is 24.8 Å². The fourth-order valence-corrected chi connectivity index (χ4v) is 4.01. The van der Waals surface area contributed by atoms with Gasteiger partial charge in [-0.1, -0.05) is 18.2 Å². The molecule has 1 aromatic rings. The average Bonchev–Trinajstić information content (AvgIpc) is 3.04. The number of nitrogens with one attached hydrogen (secondary N) is 2. The van der Waals surface area contributed by atoms with Crippen molar-refractivity contribution >= 4 is 11.6 Å². The van der Waals surface area contributed by atoms with Crippen LogP contribution in [0, 0.1) is 5.92 Å². The summed E-state index contributed by atoms with van der Waals surface area (Å²) in [7, 11) is 2.01. The molecule has 0 bridgehead atoms. The Bertz CT molecular complexity index is 554. The van der Waals surface area contributed by atoms with E-state index in [1.165, 1.54) is 30.5 Å². The zero-order chi connectivity index (χ0) is 17.5. The molecule has 1 amide bonds. The summed E-state index contributed by atoms with van der Waals surface area (Å²) in [4.78, 5) is 16.9. The van der Waals surface area contributed by atoms with Crippen LogP contribution in [0.5, 0.6) is 0 Å². The molecule has 0 saturated carbocycles. The van der Waals surface area contributed by atoms with Crippen molar-refractivity contribution in [2.24, 2.45) is 5.92 Å². The highest BCUT2D eigenvalue weighted by Gasteiger charge is 2.21. The summed E-state index contributed by atoms with van der Waals surface area (Å²) >= 11 is 0. The van der Waals surface area contributed by atoms with Gasteiger partial charge in [-0.25, -0.2) is 0 Å². The lowest BCUT2D eigenvalue weighted by Gasteiger charge is -2.31. The Morgan fingerprint density at radius 3 is 2.76 bits per heavy atom. The molecular formula is C20H32N4O.